The zero-order valence-corrected chi connectivity index (χ0v) is 23.4. The van der Waals surface area contributed by atoms with E-state index in [1.54, 1.807) is 6.20 Å². The van der Waals surface area contributed by atoms with Gasteiger partial charge in [-0.15, -0.1) is 0 Å². The molecule has 0 aliphatic carbocycles. The summed E-state index contributed by atoms with van der Waals surface area (Å²) in [5.41, 5.74) is 17.4. The highest BCUT2D eigenvalue weighted by molar-refractivity contribution is 6.20. The van der Waals surface area contributed by atoms with Crippen molar-refractivity contribution in [1.29, 1.82) is 0 Å². The highest BCUT2D eigenvalue weighted by atomic mass is 16.1. The molecule has 0 atom stereocenters. The predicted molar refractivity (Wildman–Crippen MR) is 155 cm³/mol. The highest BCUT2D eigenvalue weighted by Crippen LogP contribution is 2.32. The first-order valence-electron chi connectivity index (χ1n) is 13.8. The lowest BCUT2D eigenvalue weighted by Gasteiger charge is -2.35. The molecule has 1 amide bonds. The summed E-state index contributed by atoms with van der Waals surface area (Å²) in [7, 11) is 0. The lowest BCUT2D eigenvalue weighted by Crippen LogP contribution is -2.37. The molecule has 0 bridgehead atoms. The molecular weight excluding hydrogens is 474 g/mol. The van der Waals surface area contributed by atoms with Crippen LogP contribution in [-0.2, 0) is 11.3 Å². The Hall–Kier alpha value is -3.39. The molecule has 0 unspecified atom stereocenters. The maximum absolute atomic E-state index is 12.3. The van der Waals surface area contributed by atoms with E-state index in [4.69, 9.17) is 16.5 Å². The Balaban J connectivity index is 1.54. The molecule has 4 N–H and O–H groups in total. The number of allylic oxidation sites excluding steroid dienone is 2. The predicted octanol–water partition coefficient (Wildman–Crippen LogP) is 4.17. The standard InChI is InChI=1S/C30H43N7O/c1-21(2)19-33-28(31)27(29(32)38)23(4)36-14-10-24(11-15-36)30-34-26(25-9-7-8-22(3)18-25)20-37(30)17-16-35-12-5-6-13-35/h7-9,18-20,24H,5-6,10-17H2,1-4H3,(H2,31,33)(H2,32,38)/b27-23-. The number of carbonyl (C=O) groups excluding carboxylic acids is 1. The van der Waals surface area contributed by atoms with Crippen LogP contribution in [0.2, 0.25) is 0 Å². The number of hydrogen-bond donors (Lipinski definition) is 2. The Morgan fingerprint density at radius 2 is 1.79 bits per heavy atom. The molecule has 3 heterocycles. The summed E-state index contributed by atoms with van der Waals surface area (Å²) in [4.78, 5) is 26.5. The van der Waals surface area contributed by atoms with Gasteiger partial charge in [-0.2, -0.15) is 0 Å². The largest absolute Gasteiger partial charge is 0.383 e. The fraction of sp³-hybridized carbons (Fsp3) is 0.500. The van der Waals surface area contributed by atoms with Crippen LogP contribution in [0.1, 0.15) is 63.8 Å². The average Bonchev–Trinajstić information content (AvgIpc) is 3.56. The first-order chi connectivity index (χ1) is 18.2. The first-order valence-corrected chi connectivity index (χ1v) is 13.8. The van der Waals surface area contributed by atoms with Gasteiger partial charge in [0.1, 0.15) is 11.7 Å². The van der Waals surface area contributed by atoms with Crippen molar-refractivity contribution in [2.24, 2.45) is 16.5 Å². The molecule has 204 valence electrons. The third-order valence-electron chi connectivity index (χ3n) is 7.64. The molecule has 2 aromatic rings. The van der Waals surface area contributed by atoms with E-state index in [2.05, 4.69) is 56.7 Å². The van der Waals surface area contributed by atoms with Crippen LogP contribution in [0.25, 0.3) is 11.3 Å². The lowest BCUT2D eigenvalue weighted by molar-refractivity contribution is -0.114. The number of hydrogen-bond acceptors (Lipinski definition) is 5. The molecule has 2 fully saturated rings. The maximum Gasteiger partial charge on any atom is 0.254 e. The number of nitrogens with two attached hydrogens (primary N) is 2. The van der Waals surface area contributed by atoms with E-state index >= 15 is 0 Å². The minimum absolute atomic E-state index is 0.165. The fourth-order valence-electron chi connectivity index (χ4n) is 5.52. The lowest BCUT2D eigenvalue weighted by atomic mass is 9.95. The van der Waals surface area contributed by atoms with E-state index in [0.29, 0.717) is 11.5 Å². The Labute approximate surface area is 227 Å². The van der Waals surface area contributed by atoms with Gasteiger partial charge in [0.25, 0.3) is 5.91 Å². The van der Waals surface area contributed by atoms with Crippen LogP contribution in [0, 0.1) is 6.92 Å². The number of amides is 1. The third-order valence-corrected chi connectivity index (χ3v) is 7.64. The molecule has 38 heavy (non-hydrogen) atoms. The number of nitrogens with zero attached hydrogens (tertiary/aromatic N) is 5. The van der Waals surface area contributed by atoms with Crippen LogP contribution in [0.3, 0.4) is 0 Å². The van der Waals surface area contributed by atoms with Crippen molar-refractivity contribution in [1.82, 2.24) is 19.4 Å². The summed E-state index contributed by atoms with van der Waals surface area (Å²) >= 11 is 0. The number of primary amides is 1. The van der Waals surface area contributed by atoms with Gasteiger partial charge in [-0.05, 0) is 72.5 Å². The number of aryl methyl sites for hydroxylation is 1. The molecule has 0 saturated carbocycles. The van der Waals surface area contributed by atoms with Gasteiger partial charge in [-0.3, -0.25) is 4.79 Å². The van der Waals surface area contributed by atoms with Crippen LogP contribution in [0.15, 0.2) is 58.5 Å². The van der Waals surface area contributed by atoms with Crippen molar-refractivity contribution in [2.45, 2.75) is 65.8 Å². The summed E-state index contributed by atoms with van der Waals surface area (Å²) in [6.07, 6.45) is 8.39. The fourth-order valence-corrected chi connectivity index (χ4v) is 5.52. The monoisotopic (exact) mass is 517 g/mol. The number of benzene rings is 1. The van der Waals surface area contributed by atoms with E-state index in [0.717, 1.165) is 56.0 Å². The minimum atomic E-state index is -0.548. The number of aromatic nitrogens is 2. The molecule has 2 saturated heterocycles. The molecule has 4 rings (SSSR count). The Kier molecular flexibility index (Phi) is 9.05. The second kappa shape index (κ2) is 12.4. The van der Waals surface area contributed by atoms with Crippen LogP contribution in [0.4, 0.5) is 0 Å². The van der Waals surface area contributed by atoms with Gasteiger partial charge < -0.3 is 25.8 Å². The van der Waals surface area contributed by atoms with E-state index < -0.39 is 5.91 Å². The van der Waals surface area contributed by atoms with Gasteiger partial charge >= 0.3 is 0 Å². The molecular formula is C30H43N7O. The van der Waals surface area contributed by atoms with Crippen molar-refractivity contribution in [3.8, 4) is 11.3 Å². The molecule has 0 spiro atoms. The summed E-state index contributed by atoms with van der Waals surface area (Å²) in [6, 6.07) is 8.58. The Morgan fingerprint density at radius 1 is 1.08 bits per heavy atom. The minimum Gasteiger partial charge on any atom is -0.383 e. The second-order valence-corrected chi connectivity index (χ2v) is 10.9. The third kappa shape index (κ3) is 6.72. The number of amidine groups is 1. The maximum atomic E-state index is 12.3. The normalized spacial score (nSPS) is 18.0. The summed E-state index contributed by atoms with van der Waals surface area (Å²) < 4.78 is 2.39. The Morgan fingerprint density at radius 3 is 2.42 bits per heavy atom. The molecule has 2 aliphatic heterocycles. The number of carbonyl (C=O) groups is 1. The number of rotatable bonds is 9. The van der Waals surface area contributed by atoms with Crippen LogP contribution in [-0.4, -0.2) is 63.8 Å². The van der Waals surface area contributed by atoms with E-state index in [-0.39, 0.29) is 5.84 Å². The van der Waals surface area contributed by atoms with Gasteiger partial charge in [-0.1, -0.05) is 29.3 Å². The number of likely N-dealkylation sites (tertiary alicyclic amines) is 2. The second-order valence-electron chi connectivity index (χ2n) is 10.9. The summed E-state index contributed by atoms with van der Waals surface area (Å²) in [5, 5.41) is 0. The quantitative estimate of drug-likeness (QED) is 0.295. The van der Waals surface area contributed by atoms with Crippen molar-refractivity contribution in [3.63, 3.8) is 0 Å². The summed E-state index contributed by atoms with van der Waals surface area (Å²) in [6.45, 7) is 13.9. The van der Waals surface area contributed by atoms with E-state index in [1.807, 2.05) is 20.8 Å². The van der Waals surface area contributed by atoms with Gasteiger partial charge in [0, 0.05) is 55.8 Å². The van der Waals surface area contributed by atoms with Crippen LogP contribution >= 0.6 is 0 Å². The smallest absolute Gasteiger partial charge is 0.254 e. The topological polar surface area (TPSA) is 106 Å². The van der Waals surface area contributed by atoms with E-state index in [9.17, 15) is 4.79 Å². The van der Waals surface area contributed by atoms with Crippen molar-refractivity contribution in [2.75, 3.05) is 32.7 Å². The Bertz CT molecular complexity index is 1220. The van der Waals surface area contributed by atoms with Gasteiger partial charge in [0.05, 0.1) is 11.3 Å². The van der Waals surface area contributed by atoms with Crippen molar-refractivity contribution < 1.29 is 4.79 Å². The number of aliphatic imine (C=N–C) groups is 1. The molecule has 1 aromatic carbocycles. The SMILES string of the molecule is CC(C)=C/N=C(N)\C(C(N)=O)=C(/C)N1CCC(c2nc(-c3cccc(C)c3)cn2CCN2CCCC2)CC1. The zero-order chi connectivity index (χ0) is 27.2. The van der Waals surface area contributed by atoms with Crippen LogP contribution in [0.5, 0.6) is 0 Å². The number of imidazole rings is 1. The van der Waals surface area contributed by atoms with Gasteiger partial charge in [0.15, 0.2) is 0 Å². The van der Waals surface area contributed by atoms with Crippen molar-refractivity contribution in [3.05, 3.63) is 64.9 Å². The molecule has 0 radical (unpaired) electrons. The van der Waals surface area contributed by atoms with Crippen LogP contribution < -0.4 is 11.5 Å². The van der Waals surface area contributed by atoms with Gasteiger partial charge in [-0.25, -0.2) is 9.98 Å². The molecule has 2 aliphatic rings. The number of piperidine rings is 1. The van der Waals surface area contributed by atoms with E-state index in [1.165, 1.54) is 42.9 Å². The molecule has 8 nitrogen and oxygen atoms in total. The van der Waals surface area contributed by atoms with Gasteiger partial charge in [0.2, 0.25) is 0 Å². The first kappa shape index (κ1) is 27.6. The molecule has 8 heteroatoms. The zero-order valence-electron chi connectivity index (χ0n) is 23.4. The highest BCUT2D eigenvalue weighted by Gasteiger charge is 2.28. The van der Waals surface area contributed by atoms with Crippen molar-refractivity contribution >= 4 is 11.7 Å². The molecule has 1 aromatic heterocycles. The summed E-state index contributed by atoms with van der Waals surface area (Å²) in [5.74, 6) is 1.14. The average molecular weight is 518 g/mol.